The van der Waals surface area contributed by atoms with Crippen LogP contribution in [0.4, 0.5) is 5.69 Å². The summed E-state index contributed by atoms with van der Waals surface area (Å²) in [5.41, 5.74) is 0.474. The SMILES string of the molecule is CCNC(Cc1nc(OC)ccc1[N+](=O)[O-])C(C)(C)C. The summed E-state index contributed by atoms with van der Waals surface area (Å²) >= 11 is 0. The summed E-state index contributed by atoms with van der Waals surface area (Å²) in [7, 11) is 1.50. The van der Waals surface area contributed by atoms with E-state index in [0.717, 1.165) is 6.54 Å². The van der Waals surface area contributed by atoms with Crippen LogP contribution >= 0.6 is 0 Å². The van der Waals surface area contributed by atoms with Crippen LogP contribution in [0.2, 0.25) is 0 Å². The molecule has 1 aromatic heterocycles. The minimum atomic E-state index is -0.395. The van der Waals surface area contributed by atoms with Gasteiger partial charge in [0.2, 0.25) is 5.88 Å². The molecule has 20 heavy (non-hydrogen) atoms. The van der Waals surface area contributed by atoms with Gasteiger partial charge in [-0.2, -0.15) is 0 Å². The Morgan fingerprint density at radius 2 is 2.10 bits per heavy atom. The molecule has 0 aromatic carbocycles. The molecule has 1 N–H and O–H groups in total. The van der Waals surface area contributed by atoms with Crippen molar-refractivity contribution >= 4 is 5.69 Å². The summed E-state index contributed by atoms with van der Waals surface area (Å²) < 4.78 is 5.06. The van der Waals surface area contributed by atoms with Crippen molar-refractivity contribution in [1.82, 2.24) is 10.3 Å². The lowest BCUT2D eigenvalue weighted by atomic mass is 9.83. The molecule has 1 unspecified atom stereocenters. The van der Waals surface area contributed by atoms with Gasteiger partial charge in [0.05, 0.1) is 12.0 Å². The first-order valence-corrected chi connectivity index (χ1v) is 6.71. The monoisotopic (exact) mass is 281 g/mol. The second-order valence-corrected chi connectivity index (χ2v) is 5.76. The molecule has 1 rings (SSSR count). The Balaban J connectivity index is 3.12. The Morgan fingerprint density at radius 3 is 2.55 bits per heavy atom. The quantitative estimate of drug-likeness (QED) is 0.640. The molecule has 6 heteroatoms. The van der Waals surface area contributed by atoms with E-state index in [1.165, 1.54) is 19.2 Å². The van der Waals surface area contributed by atoms with Gasteiger partial charge in [-0.15, -0.1) is 0 Å². The molecule has 112 valence electrons. The Labute approximate surface area is 119 Å². The Hall–Kier alpha value is -1.69. The fraction of sp³-hybridized carbons (Fsp3) is 0.643. The van der Waals surface area contributed by atoms with E-state index in [4.69, 9.17) is 4.74 Å². The van der Waals surface area contributed by atoms with Gasteiger partial charge in [0.15, 0.2) is 0 Å². The molecular weight excluding hydrogens is 258 g/mol. The summed E-state index contributed by atoms with van der Waals surface area (Å²) in [5, 5.41) is 14.5. The van der Waals surface area contributed by atoms with Gasteiger partial charge in [-0.1, -0.05) is 27.7 Å². The number of hydrogen-bond acceptors (Lipinski definition) is 5. The maximum Gasteiger partial charge on any atom is 0.291 e. The van der Waals surface area contributed by atoms with Crippen LogP contribution in [0.3, 0.4) is 0 Å². The number of ether oxygens (including phenoxy) is 1. The number of pyridine rings is 1. The maximum atomic E-state index is 11.1. The van der Waals surface area contributed by atoms with E-state index < -0.39 is 4.92 Å². The minimum Gasteiger partial charge on any atom is -0.481 e. The number of nitrogens with zero attached hydrogens (tertiary/aromatic N) is 2. The Morgan fingerprint density at radius 1 is 1.45 bits per heavy atom. The molecule has 0 aliphatic rings. The largest absolute Gasteiger partial charge is 0.481 e. The maximum absolute atomic E-state index is 11.1. The van der Waals surface area contributed by atoms with Gasteiger partial charge in [-0.3, -0.25) is 10.1 Å². The topological polar surface area (TPSA) is 77.3 Å². The van der Waals surface area contributed by atoms with E-state index in [2.05, 4.69) is 31.1 Å². The molecule has 1 aromatic rings. The summed E-state index contributed by atoms with van der Waals surface area (Å²) in [6, 6.07) is 3.07. The Kier molecular flexibility index (Phi) is 5.44. The first-order chi connectivity index (χ1) is 9.29. The number of methoxy groups -OCH3 is 1. The molecule has 0 bridgehead atoms. The standard InChI is InChI=1S/C14H23N3O3/c1-6-15-12(14(2,3)4)9-10-11(17(18)19)7-8-13(16-10)20-5/h7-8,12,15H,6,9H2,1-5H3. The number of nitro groups is 1. The zero-order valence-corrected chi connectivity index (χ0v) is 12.8. The molecular formula is C14H23N3O3. The lowest BCUT2D eigenvalue weighted by Gasteiger charge is -2.31. The molecule has 0 saturated carbocycles. The van der Waals surface area contributed by atoms with Gasteiger partial charge >= 0.3 is 0 Å². The van der Waals surface area contributed by atoms with Crippen LogP contribution in [-0.4, -0.2) is 29.6 Å². The molecule has 1 heterocycles. The average molecular weight is 281 g/mol. The van der Waals surface area contributed by atoms with Gasteiger partial charge < -0.3 is 10.1 Å². The second-order valence-electron chi connectivity index (χ2n) is 5.76. The normalized spacial score (nSPS) is 13.1. The molecule has 0 radical (unpaired) electrons. The van der Waals surface area contributed by atoms with E-state index in [0.29, 0.717) is 18.0 Å². The van der Waals surface area contributed by atoms with E-state index >= 15 is 0 Å². The van der Waals surface area contributed by atoms with E-state index in [1.54, 1.807) is 0 Å². The summed E-state index contributed by atoms with van der Waals surface area (Å²) in [4.78, 5) is 15.0. The lowest BCUT2D eigenvalue weighted by molar-refractivity contribution is -0.386. The zero-order chi connectivity index (χ0) is 15.3. The third-order valence-corrected chi connectivity index (χ3v) is 3.22. The number of likely N-dealkylation sites (N-methyl/N-ethyl adjacent to an activating group) is 1. The number of aromatic nitrogens is 1. The molecule has 1 atom stereocenters. The summed E-state index contributed by atoms with van der Waals surface area (Å²) in [6.45, 7) is 9.14. The highest BCUT2D eigenvalue weighted by molar-refractivity contribution is 5.38. The number of nitrogens with one attached hydrogen (secondary N) is 1. The highest BCUT2D eigenvalue weighted by Gasteiger charge is 2.28. The smallest absolute Gasteiger partial charge is 0.291 e. The van der Waals surface area contributed by atoms with Crippen LogP contribution in [0.5, 0.6) is 5.88 Å². The van der Waals surface area contributed by atoms with Crippen LogP contribution in [0.15, 0.2) is 12.1 Å². The van der Waals surface area contributed by atoms with Crippen LogP contribution in [0.25, 0.3) is 0 Å². The van der Waals surface area contributed by atoms with Crippen molar-refractivity contribution in [2.75, 3.05) is 13.7 Å². The van der Waals surface area contributed by atoms with Gasteiger partial charge in [-0.25, -0.2) is 4.98 Å². The molecule has 0 fully saturated rings. The first kappa shape index (κ1) is 16.4. The van der Waals surface area contributed by atoms with Crippen molar-refractivity contribution in [3.63, 3.8) is 0 Å². The van der Waals surface area contributed by atoms with E-state index in [-0.39, 0.29) is 17.1 Å². The van der Waals surface area contributed by atoms with Crippen molar-refractivity contribution in [2.24, 2.45) is 5.41 Å². The second kappa shape index (κ2) is 6.65. The first-order valence-electron chi connectivity index (χ1n) is 6.71. The average Bonchev–Trinajstić information content (AvgIpc) is 2.36. The van der Waals surface area contributed by atoms with E-state index in [1.807, 2.05) is 6.92 Å². The molecule has 0 spiro atoms. The number of hydrogen-bond donors (Lipinski definition) is 1. The molecule has 0 saturated heterocycles. The number of rotatable bonds is 6. The fourth-order valence-electron chi connectivity index (χ4n) is 2.03. The van der Waals surface area contributed by atoms with E-state index in [9.17, 15) is 10.1 Å². The van der Waals surface area contributed by atoms with Crippen molar-refractivity contribution in [3.05, 3.63) is 27.9 Å². The lowest BCUT2D eigenvalue weighted by Crippen LogP contribution is -2.42. The van der Waals surface area contributed by atoms with Crippen LogP contribution < -0.4 is 10.1 Å². The van der Waals surface area contributed by atoms with Crippen LogP contribution in [-0.2, 0) is 6.42 Å². The van der Waals surface area contributed by atoms with Gasteiger partial charge in [0, 0.05) is 24.6 Å². The molecule has 0 amide bonds. The van der Waals surface area contributed by atoms with Crippen LogP contribution in [0.1, 0.15) is 33.4 Å². The minimum absolute atomic E-state index is 0.0192. The molecule has 6 nitrogen and oxygen atoms in total. The fourth-order valence-corrected chi connectivity index (χ4v) is 2.03. The van der Waals surface area contributed by atoms with Gasteiger partial charge in [0.25, 0.3) is 5.69 Å². The zero-order valence-electron chi connectivity index (χ0n) is 12.8. The Bertz CT molecular complexity index is 469. The van der Waals surface area contributed by atoms with Gasteiger partial charge in [-0.05, 0) is 12.0 Å². The van der Waals surface area contributed by atoms with Crippen molar-refractivity contribution in [3.8, 4) is 5.88 Å². The predicted molar refractivity (Wildman–Crippen MR) is 78.1 cm³/mol. The van der Waals surface area contributed by atoms with Gasteiger partial charge in [0.1, 0.15) is 5.69 Å². The van der Waals surface area contributed by atoms with Crippen molar-refractivity contribution < 1.29 is 9.66 Å². The van der Waals surface area contributed by atoms with Crippen molar-refractivity contribution in [2.45, 2.75) is 40.2 Å². The summed E-state index contributed by atoms with van der Waals surface area (Å²) in [6.07, 6.45) is 0.491. The summed E-state index contributed by atoms with van der Waals surface area (Å²) in [5.74, 6) is 0.398. The highest BCUT2D eigenvalue weighted by atomic mass is 16.6. The van der Waals surface area contributed by atoms with Crippen LogP contribution in [0, 0.1) is 15.5 Å². The third kappa shape index (κ3) is 4.16. The highest BCUT2D eigenvalue weighted by Crippen LogP contribution is 2.27. The molecule has 0 aliphatic carbocycles. The molecule has 0 aliphatic heterocycles. The van der Waals surface area contributed by atoms with Crippen molar-refractivity contribution in [1.29, 1.82) is 0 Å². The predicted octanol–water partition coefficient (Wildman–Crippen LogP) is 2.57. The third-order valence-electron chi connectivity index (χ3n) is 3.22.